The van der Waals surface area contributed by atoms with Gasteiger partial charge in [-0.1, -0.05) is 0 Å². The van der Waals surface area contributed by atoms with Gasteiger partial charge in [-0.3, -0.25) is 4.79 Å². The van der Waals surface area contributed by atoms with Crippen molar-refractivity contribution in [1.82, 2.24) is 10.2 Å². The van der Waals surface area contributed by atoms with Gasteiger partial charge in [-0.2, -0.15) is 0 Å². The molecule has 0 bridgehead atoms. The van der Waals surface area contributed by atoms with Crippen LogP contribution in [0.3, 0.4) is 0 Å². The monoisotopic (exact) mass is 356 g/mol. The van der Waals surface area contributed by atoms with Crippen LogP contribution in [0.4, 0.5) is 8.78 Å². The second-order valence-electron chi connectivity index (χ2n) is 7.28. The summed E-state index contributed by atoms with van der Waals surface area (Å²) >= 11 is 0. The molecule has 2 aliphatic heterocycles. The fourth-order valence-electron chi connectivity index (χ4n) is 4.53. The molecule has 0 aromatic heterocycles. The van der Waals surface area contributed by atoms with Gasteiger partial charge in [0.2, 0.25) is 5.91 Å². The highest BCUT2D eigenvalue weighted by atomic mass is 35.5. The fourth-order valence-corrected chi connectivity index (χ4v) is 4.53. The predicted octanol–water partition coefficient (Wildman–Crippen LogP) is 3.22. The number of benzene rings is 1. The molecule has 1 aromatic rings. The first-order chi connectivity index (χ1) is 11.0. The van der Waals surface area contributed by atoms with Crippen LogP contribution in [0.15, 0.2) is 12.1 Å². The molecular formula is C18H23ClF2N2O. The summed E-state index contributed by atoms with van der Waals surface area (Å²) in [6.07, 6.45) is 3.57. The molecule has 2 heterocycles. The molecule has 132 valence electrons. The van der Waals surface area contributed by atoms with Gasteiger partial charge in [-0.25, -0.2) is 8.78 Å². The molecule has 2 atom stereocenters. The summed E-state index contributed by atoms with van der Waals surface area (Å²) in [5.74, 6) is -0.773. The molecule has 0 radical (unpaired) electrons. The minimum Gasteiger partial charge on any atom is -0.335 e. The maximum absolute atomic E-state index is 13.9. The quantitative estimate of drug-likeness (QED) is 0.838. The lowest BCUT2D eigenvalue weighted by molar-refractivity contribution is -0.136. The summed E-state index contributed by atoms with van der Waals surface area (Å²) in [6.45, 7) is 4.38. The van der Waals surface area contributed by atoms with Crippen LogP contribution in [0.1, 0.15) is 43.4 Å². The van der Waals surface area contributed by atoms with E-state index >= 15 is 0 Å². The Bertz CT molecular complexity index is 661. The van der Waals surface area contributed by atoms with Crippen molar-refractivity contribution in [2.24, 2.45) is 11.3 Å². The summed E-state index contributed by atoms with van der Waals surface area (Å²) in [7, 11) is 0. The first-order valence-corrected chi connectivity index (χ1v) is 8.51. The van der Waals surface area contributed by atoms with Gasteiger partial charge in [0.1, 0.15) is 11.6 Å². The van der Waals surface area contributed by atoms with Crippen molar-refractivity contribution < 1.29 is 13.6 Å². The highest BCUT2D eigenvalue weighted by Gasteiger charge is 2.59. The molecule has 2 unspecified atom stereocenters. The minimum atomic E-state index is -0.566. The van der Waals surface area contributed by atoms with E-state index in [-0.39, 0.29) is 35.7 Å². The minimum absolute atomic E-state index is 0. The van der Waals surface area contributed by atoms with E-state index in [1.807, 2.05) is 11.8 Å². The summed E-state index contributed by atoms with van der Waals surface area (Å²) in [5, 5.41) is 3.35. The van der Waals surface area contributed by atoms with Gasteiger partial charge >= 0.3 is 0 Å². The largest absolute Gasteiger partial charge is 0.335 e. The first kappa shape index (κ1) is 17.6. The van der Waals surface area contributed by atoms with Crippen LogP contribution in [-0.4, -0.2) is 30.4 Å². The van der Waals surface area contributed by atoms with Crippen molar-refractivity contribution in [2.75, 3.05) is 19.6 Å². The van der Waals surface area contributed by atoms with E-state index < -0.39 is 11.6 Å². The van der Waals surface area contributed by atoms with Gasteiger partial charge < -0.3 is 10.2 Å². The van der Waals surface area contributed by atoms with Crippen molar-refractivity contribution in [3.05, 3.63) is 34.9 Å². The van der Waals surface area contributed by atoms with Crippen molar-refractivity contribution in [1.29, 1.82) is 0 Å². The molecule has 3 nitrogen and oxygen atoms in total. The molecule has 1 saturated heterocycles. The third kappa shape index (κ3) is 2.72. The van der Waals surface area contributed by atoms with Gasteiger partial charge in [-0.05, 0) is 68.3 Å². The van der Waals surface area contributed by atoms with Gasteiger partial charge in [0.15, 0.2) is 0 Å². The summed E-state index contributed by atoms with van der Waals surface area (Å²) in [6, 6.07) is 2.07. The number of piperidine rings is 1. The van der Waals surface area contributed by atoms with Crippen LogP contribution in [0.5, 0.6) is 0 Å². The maximum atomic E-state index is 13.9. The fraction of sp³-hybridized carbons (Fsp3) is 0.611. The van der Waals surface area contributed by atoms with E-state index in [9.17, 15) is 13.6 Å². The zero-order chi connectivity index (χ0) is 16.2. The third-order valence-electron chi connectivity index (χ3n) is 6.09. The van der Waals surface area contributed by atoms with E-state index in [1.54, 1.807) is 0 Å². The Morgan fingerprint density at radius 2 is 2.00 bits per heavy atom. The van der Waals surface area contributed by atoms with Crippen molar-refractivity contribution in [3.8, 4) is 0 Å². The lowest BCUT2D eigenvalue weighted by Crippen LogP contribution is -2.42. The molecule has 1 aliphatic carbocycles. The molecule has 4 rings (SSSR count). The number of carbonyl (C=O) groups is 1. The van der Waals surface area contributed by atoms with Crippen LogP contribution in [0.2, 0.25) is 0 Å². The van der Waals surface area contributed by atoms with Gasteiger partial charge in [0.25, 0.3) is 0 Å². The first-order valence-electron chi connectivity index (χ1n) is 8.51. The summed E-state index contributed by atoms with van der Waals surface area (Å²) < 4.78 is 27.5. The lowest BCUT2D eigenvalue weighted by atomic mass is 9.89. The number of nitrogens with one attached hydrogen (secondary N) is 1. The smallest absolute Gasteiger partial charge is 0.226 e. The molecule has 1 aromatic carbocycles. The van der Waals surface area contributed by atoms with Gasteiger partial charge in [-0.15, -0.1) is 12.4 Å². The predicted molar refractivity (Wildman–Crippen MR) is 90.1 cm³/mol. The standard InChI is InChI=1S/C18H22F2N2O.ClH/c1-11-14-8-12(19)9-16(20)13(14)2-7-22(11)17(23)15-10-18(15)3-5-21-6-4-18;/h8-9,11,15,21H,2-7,10H2,1H3;1H. The average Bonchev–Trinajstić information content (AvgIpc) is 3.21. The number of hydrogen-bond acceptors (Lipinski definition) is 2. The van der Waals surface area contributed by atoms with Gasteiger partial charge in [0.05, 0.1) is 6.04 Å². The van der Waals surface area contributed by atoms with Crippen LogP contribution < -0.4 is 5.32 Å². The number of nitrogens with zero attached hydrogens (tertiary/aromatic N) is 1. The van der Waals surface area contributed by atoms with Crippen LogP contribution in [0, 0.1) is 23.0 Å². The average molecular weight is 357 g/mol. The number of rotatable bonds is 1. The molecule has 24 heavy (non-hydrogen) atoms. The maximum Gasteiger partial charge on any atom is 0.226 e. The molecule has 3 aliphatic rings. The summed E-state index contributed by atoms with van der Waals surface area (Å²) in [4.78, 5) is 14.8. The van der Waals surface area contributed by atoms with E-state index in [2.05, 4.69) is 5.32 Å². The molecule has 1 spiro atoms. The van der Waals surface area contributed by atoms with Gasteiger partial charge in [0, 0.05) is 18.5 Å². The zero-order valence-electron chi connectivity index (χ0n) is 13.8. The van der Waals surface area contributed by atoms with E-state index in [4.69, 9.17) is 0 Å². The van der Waals surface area contributed by atoms with Crippen LogP contribution in [-0.2, 0) is 11.2 Å². The van der Waals surface area contributed by atoms with Crippen LogP contribution >= 0.6 is 12.4 Å². The van der Waals surface area contributed by atoms with Crippen molar-refractivity contribution >= 4 is 18.3 Å². The number of amides is 1. The molecule has 1 saturated carbocycles. The van der Waals surface area contributed by atoms with E-state index in [0.717, 1.165) is 38.4 Å². The molecule has 1 N–H and O–H groups in total. The summed E-state index contributed by atoms with van der Waals surface area (Å²) in [5.41, 5.74) is 1.38. The zero-order valence-corrected chi connectivity index (χ0v) is 14.6. The number of hydrogen-bond donors (Lipinski definition) is 1. The Labute approximate surface area is 147 Å². The highest BCUT2D eigenvalue weighted by molar-refractivity contribution is 5.85. The van der Waals surface area contributed by atoms with Crippen LogP contribution in [0.25, 0.3) is 0 Å². The third-order valence-corrected chi connectivity index (χ3v) is 6.09. The number of carbonyl (C=O) groups excluding carboxylic acids is 1. The Morgan fingerprint density at radius 3 is 2.71 bits per heavy atom. The number of halogens is 3. The SMILES string of the molecule is CC1c2cc(F)cc(F)c2CCN1C(=O)C1CC12CCNCC2.Cl. The Balaban J connectivity index is 0.00000169. The van der Waals surface area contributed by atoms with Crippen molar-refractivity contribution in [2.45, 2.75) is 38.6 Å². The van der Waals surface area contributed by atoms with E-state index in [0.29, 0.717) is 24.1 Å². The Kier molecular flexibility index (Phi) is 4.60. The normalized spacial score (nSPS) is 27.4. The second kappa shape index (κ2) is 6.26. The topological polar surface area (TPSA) is 32.3 Å². The second-order valence-corrected chi connectivity index (χ2v) is 7.28. The highest BCUT2D eigenvalue weighted by Crippen LogP contribution is 2.59. The Hall–Kier alpha value is -1.20. The molecule has 6 heteroatoms. The lowest BCUT2D eigenvalue weighted by Gasteiger charge is -2.36. The van der Waals surface area contributed by atoms with Crippen molar-refractivity contribution in [3.63, 3.8) is 0 Å². The molecule has 2 fully saturated rings. The van der Waals surface area contributed by atoms with E-state index in [1.165, 1.54) is 6.07 Å². The molecular weight excluding hydrogens is 334 g/mol. The Morgan fingerprint density at radius 1 is 1.29 bits per heavy atom. The molecule has 1 amide bonds. The number of fused-ring (bicyclic) bond motifs is 1.